The number of rotatable bonds is 5. The predicted octanol–water partition coefficient (Wildman–Crippen LogP) is 6.06. The molecule has 2 heterocycles. The zero-order valence-electron chi connectivity index (χ0n) is 21.2. The molecule has 186 valence electrons. The van der Waals surface area contributed by atoms with Crippen molar-refractivity contribution in [1.29, 1.82) is 0 Å². The maximum Gasteiger partial charge on any atom is 0.335 e. The molecule has 0 spiro atoms. The quantitative estimate of drug-likeness (QED) is 0.337. The van der Waals surface area contributed by atoms with Crippen LogP contribution in [0.5, 0.6) is 5.75 Å². The number of benzene rings is 3. The third-order valence-corrected chi connectivity index (χ3v) is 6.45. The fourth-order valence-corrected chi connectivity index (χ4v) is 4.33. The van der Waals surface area contributed by atoms with Gasteiger partial charge in [-0.1, -0.05) is 24.3 Å². The minimum absolute atomic E-state index is 0.209. The van der Waals surface area contributed by atoms with Gasteiger partial charge in [0.25, 0.3) is 0 Å². The third kappa shape index (κ3) is 4.49. The zero-order chi connectivity index (χ0) is 26.1. The van der Waals surface area contributed by atoms with Crippen molar-refractivity contribution in [2.24, 2.45) is 0 Å². The van der Waals surface area contributed by atoms with E-state index in [0.717, 1.165) is 22.4 Å². The molecule has 0 unspecified atom stereocenters. The number of nitrogens with zero attached hydrogens (tertiary/aromatic N) is 5. The van der Waals surface area contributed by atoms with E-state index in [1.54, 1.807) is 23.1 Å². The van der Waals surface area contributed by atoms with Gasteiger partial charge in [-0.05, 0) is 73.5 Å². The third-order valence-electron chi connectivity index (χ3n) is 6.45. The van der Waals surface area contributed by atoms with E-state index in [1.807, 2.05) is 86.6 Å². The molecule has 1 aliphatic rings. The molecule has 5 rings (SSSR count). The molecule has 37 heavy (non-hydrogen) atoms. The molecule has 3 amide bonds. The first-order valence-corrected chi connectivity index (χ1v) is 11.9. The average molecular weight is 494 g/mol. The van der Waals surface area contributed by atoms with Crippen molar-refractivity contribution >= 4 is 40.8 Å². The molecule has 0 atom stereocenters. The first kappa shape index (κ1) is 24.0. The molecule has 8 heteroatoms. The van der Waals surface area contributed by atoms with Crippen LogP contribution in [0, 0.1) is 13.8 Å². The van der Waals surface area contributed by atoms with E-state index in [2.05, 4.69) is 4.98 Å². The van der Waals surface area contributed by atoms with Crippen LogP contribution in [0.4, 0.5) is 33.6 Å². The van der Waals surface area contributed by atoms with Crippen molar-refractivity contribution in [3.05, 3.63) is 95.7 Å². The van der Waals surface area contributed by atoms with Crippen molar-refractivity contribution in [3.8, 4) is 5.75 Å². The summed E-state index contributed by atoms with van der Waals surface area (Å²) < 4.78 is 5.27. The monoisotopic (exact) mass is 493 g/mol. The highest BCUT2D eigenvalue weighted by Crippen LogP contribution is 2.37. The Kier molecular flexibility index (Phi) is 6.31. The summed E-state index contributed by atoms with van der Waals surface area (Å²) in [7, 11) is 1.60. The van der Waals surface area contributed by atoms with Gasteiger partial charge in [-0.2, -0.15) is 4.98 Å². The number of para-hydroxylation sites is 1. The van der Waals surface area contributed by atoms with Crippen molar-refractivity contribution in [2.45, 2.75) is 27.3 Å². The number of hydrogen-bond donors (Lipinski definition) is 0. The van der Waals surface area contributed by atoms with Gasteiger partial charge in [0.05, 0.1) is 25.0 Å². The summed E-state index contributed by atoms with van der Waals surface area (Å²) in [5, 5.41) is 0. The lowest BCUT2D eigenvalue weighted by molar-refractivity contribution is -0.115. The summed E-state index contributed by atoms with van der Waals surface area (Å²) in [6.07, 6.45) is 1.69. The molecular weight excluding hydrogens is 466 g/mol. The van der Waals surface area contributed by atoms with Crippen molar-refractivity contribution in [1.82, 2.24) is 9.97 Å². The minimum Gasteiger partial charge on any atom is -0.497 e. The molecule has 1 aliphatic heterocycles. The number of fused-ring (bicyclic) bond motifs is 1. The minimum atomic E-state index is -0.255. The number of carbonyl (C=O) groups excluding carboxylic acids is 2. The SMILES string of the molecule is COc1ccc(N2Cc3cnc(N(C(C)=O)c4ccc(C)c(C)c4)nc3N(c3ccccc3)C2=O)cc1. The van der Waals surface area contributed by atoms with E-state index in [1.165, 1.54) is 11.8 Å². The zero-order valence-corrected chi connectivity index (χ0v) is 21.2. The summed E-state index contributed by atoms with van der Waals surface area (Å²) in [5.41, 5.74) is 4.99. The number of carbonyl (C=O) groups is 2. The molecule has 0 saturated heterocycles. The smallest absolute Gasteiger partial charge is 0.335 e. The number of anilines is 5. The maximum atomic E-state index is 13.9. The van der Waals surface area contributed by atoms with Crippen LogP contribution in [0.3, 0.4) is 0 Å². The van der Waals surface area contributed by atoms with Crippen LogP contribution >= 0.6 is 0 Å². The van der Waals surface area contributed by atoms with E-state index in [4.69, 9.17) is 9.72 Å². The van der Waals surface area contributed by atoms with Gasteiger partial charge in [0.15, 0.2) is 5.82 Å². The Morgan fingerprint density at radius 2 is 1.68 bits per heavy atom. The molecular formula is C29H27N5O3. The van der Waals surface area contributed by atoms with Crippen LogP contribution in [0.2, 0.25) is 0 Å². The molecule has 0 N–H and O–H groups in total. The van der Waals surface area contributed by atoms with E-state index >= 15 is 0 Å². The van der Waals surface area contributed by atoms with Gasteiger partial charge in [-0.25, -0.2) is 19.6 Å². The molecule has 0 fully saturated rings. The Morgan fingerprint density at radius 3 is 2.32 bits per heavy atom. The van der Waals surface area contributed by atoms with E-state index in [9.17, 15) is 9.59 Å². The van der Waals surface area contributed by atoms with E-state index < -0.39 is 0 Å². The number of amides is 3. The number of aryl methyl sites for hydroxylation is 2. The van der Waals surface area contributed by atoms with Crippen LogP contribution in [0.25, 0.3) is 0 Å². The molecule has 8 nitrogen and oxygen atoms in total. The topological polar surface area (TPSA) is 78.9 Å². The summed E-state index contributed by atoms with van der Waals surface area (Å²) in [6.45, 7) is 5.77. The molecule has 0 saturated carbocycles. The molecule has 0 aliphatic carbocycles. The molecule has 1 aromatic heterocycles. The van der Waals surface area contributed by atoms with Gasteiger partial charge in [0.2, 0.25) is 11.9 Å². The number of urea groups is 1. The van der Waals surface area contributed by atoms with Crippen molar-refractivity contribution in [3.63, 3.8) is 0 Å². The van der Waals surface area contributed by atoms with Crippen molar-refractivity contribution in [2.75, 3.05) is 21.8 Å². The largest absolute Gasteiger partial charge is 0.497 e. The fourth-order valence-electron chi connectivity index (χ4n) is 4.33. The second-order valence-electron chi connectivity index (χ2n) is 8.88. The Morgan fingerprint density at radius 1 is 0.946 bits per heavy atom. The number of methoxy groups -OCH3 is 1. The standard InChI is InChI=1S/C29H27N5O3/c1-19-10-11-25(16-20(19)2)33(21(3)35)28-30-17-22-18-32(23-12-14-26(37-4)15-13-23)29(36)34(27(22)31-28)24-8-6-5-7-9-24/h5-17H,18H2,1-4H3. The number of aromatic nitrogens is 2. The molecule has 0 radical (unpaired) electrons. The summed E-state index contributed by atoms with van der Waals surface area (Å²) in [6, 6.07) is 22.2. The van der Waals surface area contributed by atoms with Gasteiger partial charge in [0.1, 0.15) is 5.75 Å². The first-order valence-electron chi connectivity index (χ1n) is 11.9. The van der Waals surface area contributed by atoms with E-state index in [0.29, 0.717) is 22.9 Å². The van der Waals surface area contributed by atoms with Crippen LogP contribution < -0.4 is 19.4 Å². The van der Waals surface area contributed by atoms with Crippen LogP contribution in [0.1, 0.15) is 23.6 Å². The molecule has 0 bridgehead atoms. The van der Waals surface area contributed by atoms with Crippen LogP contribution in [0.15, 0.2) is 79.0 Å². The highest BCUT2D eigenvalue weighted by atomic mass is 16.5. The average Bonchev–Trinajstić information content (AvgIpc) is 2.91. The highest BCUT2D eigenvalue weighted by Gasteiger charge is 2.35. The number of hydrogen-bond acceptors (Lipinski definition) is 5. The normalized spacial score (nSPS) is 12.8. The van der Waals surface area contributed by atoms with Gasteiger partial charge in [-0.15, -0.1) is 0 Å². The van der Waals surface area contributed by atoms with Crippen LogP contribution in [-0.2, 0) is 11.3 Å². The van der Waals surface area contributed by atoms with Crippen molar-refractivity contribution < 1.29 is 14.3 Å². The fraction of sp³-hybridized carbons (Fsp3) is 0.172. The predicted molar refractivity (Wildman–Crippen MR) is 144 cm³/mol. The van der Waals surface area contributed by atoms with Gasteiger partial charge in [0, 0.05) is 24.4 Å². The lowest BCUT2D eigenvalue weighted by atomic mass is 10.1. The maximum absolute atomic E-state index is 13.9. The summed E-state index contributed by atoms with van der Waals surface area (Å²) in [5.74, 6) is 1.14. The molecule has 3 aromatic carbocycles. The Balaban J connectivity index is 1.62. The second kappa shape index (κ2) is 9.73. The molecule has 4 aromatic rings. The summed E-state index contributed by atoms with van der Waals surface area (Å²) in [4.78, 5) is 40.7. The van der Waals surface area contributed by atoms with Gasteiger partial charge in [-0.3, -0.25) is 9.69 Å². The Labute approximate surface area is 215 Å². The van der Waals surface area contributed by atoms with Crippen LogP contribution in [-0.4, -0.2) is 29.0 Å². The first-order chi connectivity index (χ1) is 17.9. The summed E-state index contributed by atoms with van der Waals surface area (Å²) >= 11 is 0. The lowest BCUT2D eigenvalue weighted by Gasteiger charge is -2.36. The Bertz CT molecular complexity index is 1470. The Hall–Kier alpha value is -4.72. The van der Waals surface area contributed by atoms with E-state index in [-0.39, 0.29) is 24.4 Å². The number of ether oxygens (including phenoxy) is 1. The van der Waals surface area contributed by atoms with Gasteiger partial charge >= 0.3 is 6.03 Å². The lowest BCUT2D eigenvalue weighted by Crippen LogP contribution is -2.45. The highest BCUT2D eigenvalue weighted by molar-refractivity contribution is 6.10. The van der Waals surface area contributed by atoms with Gasteiger partial charge < -0.3 is 4.74 Å². The second-order valence-corrected chi connectivity index (χ2v) is 8.88.